The van der Waals surface area contributed by atoms with Crippen molar-refractivity contribution in [2.75, 3.05) is 44.2 Å². The Morgan fingerprint density at radius 1 is 0.357 bits per heavy atom. The fraction of sp³-hybridized carbons (Fsp3) is 0.522. The first-order valence-electron chi connectivity index (χ1n) is 42.4. The summed E-state index contributed by atoms with van der Waals surface area (Å²) < 4.78 is 0. The van der Waals surface area contributed by atoms with Crippen LogP contribution in [0.5, 0.6) is 0 Å². The number of benzene rings is 4. The normalized spacial score (nSPS) is 16.1. The quantitative estimate of drug-likeness (QED) is 0.0234. The van der Waals surface area contributed by atoms with Crippen molar-refractivity contribution < 1.29 is 19.2 Å². The number of amides is 4. The highest BCUT2D eigenvalue weighted by molar-refractivity contribution is 5.93. The van der Waals surface area contributed by atoms with Crippen LogP contribution in [0, 0.1) is 41.4 Å². The molecule has 0 bridgehead atoms. The number of nitrogen functional groups attached to an aromatic ring is 4. The first-order valence-corrected chi connectivity index (χ1v) is 42.4. The van der Waals surface area contributed by atoms with Crippen LogP contribution in [0.4, 0.5) is 46.0 Å². The SMILES string of the molecule is CC(=O)Nc1ncc(-c2ccc(N)cc2)nc1CCC1CCCCC1.CC(C)CC(=O)Nc1ncc(-c2ccc(N)cc2)nc1CCC1CCCCC1.CCC(C)C(=O)Nc1ncc(-c2ccc(N)cc2)nc1CCC1CCCCC1.Nc1ccc(-c2cnc(NC(=O)CC3CCCCC3)c(CCC3CCCCC3)n2)cc1. The van der Waals surface area contributed by atoms with E-state index in [9.17, 15) is 19.2 Å². The number of hydrogen-bond donors (Lipinski definition) is 8. The Balaban J connectivity index is 0.000000159. The van der Waals surface area contributed by atoms with Crippen LogP contribution < -0.4 is 44.2 Å². The van der Waals surface area contributed by atoms with Crippen LogP contribution in [-0.2, 0) is 44.9 Å². The van der Waals surface area contributed by atoms with Crippen molar-refractivity contribution >= 4 is 69.6 Å². The summed E-state index contributed by atoms with van der Waals surface area (Å²) in [6, 6.07) is 30.7. The summed E-state index contributed by atoms with van der Waals surface area (Å²) >= 11 is 0. The Bertz CT molecular complexity index is 4220. The topological polar surface area (TPSA) is 324 Å². The van der Waals surface area contributed by atoms with Crippen LogP contribution in [0.2, 0.25) is 0 Å². The number of rotatable bonds is 26. The Labute approximate surface area is 666 Å². The third kappa shape index (κ3) is 27.9. The first-order chi connectivity index (χ1) is 54.4. The van der Waals surface area contributed by atoms with E-state index in [-0.39, 0.29) is 29.5 Å². The minimum absolute atomic E-state index is 0.00320. The van der Waals surface area contributed by atoms with Crippen molar-refractivity contribution in [1.29, 1.82) is 0 Å². The molecule has 5 fully saturated rings. The highest BCUT2D eigenvalue weighted by Crippen LogP contribution is 2.36. The number of hydrogen-bond acceptors (Lipinski definition) is 16. The van der Waals surface area contributed by atoms with Gasteiger partial charge in [-0.3, -0.25) is 19.2 Å². The number of aromatic nitrogens is 8. The summed E-state index contributed by atoms with van der Waals surface area (Å²) in [5.41, 5.74) is 36.9. The molecular formula is C92H126N16O4. The van der Waals surface area contributed by atoms with Gasteiger partial charge in [0.2, 0.25) is 23.6 Å². The minimum Gasteiger partial charge on any atom is -0.399 e. The summed E-state index contributed by atoms with van der Waals surface area (Å²) in [4.78, 5) is 86.6. The van der Waals surface area contributed by atoms with Crippen molar-refractivity contribution in [3.63, 3.8) is 0 Å². The van der Waals surface area contributed by atoms with Gasteiger partial charge in [-0.1, -0.05) is 224 Å². The average molecular weight is 1520 g/mol. The monoisotopic (exact) mass is 1520 g/mol. The highest BCUT2D eigenvalue weighted by atomic mass is 16.2. The first kappa shape index (κ1) is 84.7. The molecule has 0 radical (unpaired) electrons. The number of anilines is 8. The van der Waals surface area contributed by atoms with E-state index in [1.54, 1.807) is 24.8 Å². The zero-order chi connectivity index (χ0) is 79.0. The van der Waals surface area contributed by atoms with Crippen LogP contribution in [0.1, 0.15) is 263 Å². The number of nitrogens with zero attached hydrogens (tertiary/aromatic N) is 8. The van der Waals surface area contributed by atoms with Gasteiger partial charge >= 0.3 is 0 Å². The predicted octanol–water partition coefficient (Wildman–Crippen LogP) is 20.8. The second kappa shape index (κ2) is 44.5. The van der Waals surface area contributed by atoms with Crippen LogP contribution >= 0.6 is 0 Å². The minimum atomic E-state index is -0.117. The molecule has 12 N–H and O–H groups in total. The molecule has 8 aromatic rings. The Hall–Kier alpha value is -9.72. The maximum absolute atomic E-state index is 12.7. The molecule has 1 unspecified atom stereocenters. The molecule has 1 atom stereocenters. The largest absolute Gasteiger partial charge is 0.399 e. The lowest BCUT2D eigenvalue weighted by atomic mass is 9.85. The molecule has 4 heterocycles. The van der Waals surface area contributed by atoms with E-state index in [2.05, 4.69) is 41.2 Å². The molecule has 4 aromatic carbocycles. The van der Waals surface area contributed by atoms with E-state index >= 15 is 0 Å². The van der Waals surface area contributed by atoms with Gasteiger partial charge in [0.15, 0.2) is 23.3 Å². The molecule has 13 rings (SSSR count). The van der Waals surface area contributed by atoms with E-state index < -0.39 is 0 Å². The fourth-order valence-corrected chi connectivity index (χ4v) is 16.2. The van der Waals surface area contributed by atoms with Crippen LogP contribution in [-0.4, -0.2) is 63.5 Å². The highest BCUT2D eigenvalue weighted by Gasteiger charge is 2.25. The molecular weight excluding hydrogens is 1390 g/mol. The number of carbonyl (C=O) groups excluding carboxylic acids is 4. The third-order valence-electron chi connectivity index (χ3n) is 23.2. The lowest BCUT2D eigenvalue weighted by molar-refractivity contribution is -0.119. The van der Waals surface area contributed by atoms with Crippen molar-refractivity contribution in [3.8, 4) is 45.0 Å². The molecule has 5 aliphatic rings. The van der Waals surface area contributed by atoms with Crippen LogP contribution in [0.15, 0.2) is 122 Å². The average Bonchev–Trinajstić information content (AvgIpc) is 0.842. The van der Waals surface area contributed by atoms with Crippen LogP contribution in [0.3, 0.4) is 0 Å². The smallest absolute Gasteiger partial charge is 0.228 e. The predicted molar refractivity (Wildman–Crippen MR) is 457 cm³/mol. The molecule has 0 aliphatic heterocycles. The van der Waals surface area contributed by atoms with E-state index in [1.165, 1.54) is 167 Å². The van der Waals surface area contributed by atoms with Gasteiger partial charge in [0.25, 0.3) is 0 Å². The summed E-state index contributed by atoms with van der Waals surface area (Å²) in [5, 5.41) is 11.9. The maximum Gasteiger partial charge on any atom is 0.228 e. The van der Waals surface area contributed by atoms with E-state index in [0.29, 0.717) is 47.9 Å². The van der Waals surface area contributed by atoms with E-state index in [0.717, 1.165) is 172 Å². The Morgan fingerprint density at radius 3 is 0.884 bits per heavy atom. The zero-order valence-electron chi connectivity index (χ0n) is 67.6. The lowest BCUT2D eigenvalue weighted by Gasteiger charge is -2.22. The van der Waals surface area contributed by atoms with E-state index in [1.807, 2.05) is 125 Å². The molecule has 0 spiro atoms. The molecule has 5 aliphatic carbocycles. The number of aryl methyl sites for hydroxylation is 4. The van der Waals surface area contributed by atoms with Crippen molar-refractivity contribution in [3.05, 3.63) is 145 Å². The molecule has 4 amide bonds. The number of carbonyl (C=O) groups is 4. The fourth-order valence-electron chi connectivity index (χ4n) is 16.2. The molecule has 5 saturated carbocycles. The molecule has 0 saturated heterocycles. The number of nitrogens with two attached hydrogens (primary N) is 4. The Morgan fingerprint density at radius 2 is 0.616 bits per heavy atom. The maximum atomic E-state index is 12.7. The summed E-state index contributed by atoms with van der Waals surface area (Å²) in [6.07, 6.45) is 49.4. The van der Waals surface area contributed by atoms with Crippen LogP contribution in [0.25, 0.3) is 45.0 Å². The van der Waals surface area contributed by atoms with Gasteiger partial charge in [0.1, 0.15) is 0 Å². The van der Waals surface area contributed by atoms with Gasteiger partial charge < -0.3 is 44.2 Å². The van der Waals surface area contributed by atoms with Gasteiger partial charge in [0, 0.05) is 70.7 Å². The summed E-state index contributed by atoms with van der Waals surface area (Å²) in [5.74, 6) is 6.28. The number of nitrogens with one attached hydrogen (secondary N) is 4. The lowest BCUT2D eigenvalue weighted by Crippen LogP contribution is -2.22. The molecule has 20 heteroatoms. The van der Waals surface area contributed by atoms with Gasteiger partial charge in [-0.05, 0) is 155 Å². The van der Waals surface area contributed by atoms with Gasteiger partial charge in [0.05, 0.1) is 70.3 Å². The van der Waals surface area contributed by atoms with E-state index in [4.69, 9.17) is 42.9 Å². The Kier molecular flexibility index (Phi) is 33.7. The summed E-state index contributed by atoms with van der Waals surface area (Å²) in [6.45, 7) is 9.54. The molecule has 598 valence electrons. The van der Waals surface area contributed by atoms with Gasteiger partial charge in [-0.15, -0.1) is 0 Å². The van der Waals surface area contributed by atoms with Crippen molar-refractivity contribution in [2.45, 2.75) is 266 Å². The second-order valence-corrected chi connectivity index (χ2v) is 32.7. The van der Waals surface area contributed by atoms with Gasteiger partial charge in [-0.2, -0.15) is 0 Å². The van der Waals surface area contributed by atoms with Crippen molar-refractivity contribution in [2.24, 2.45) is 41.4 Å². The van der Waals surface area contributed by atoms with Crippen molar-refractivity contribution in [1.82, 2.24) is 39.9 Å². The standard InChI is InChI=1S/C26H36N4O.2C23H32N4O.C20H26N4O/c27-22-14-12-21(13-15-22)24-18-28-26(30-25(31)17-20-9-5-2-6-10-20)23(29-24)16-11-19-7-3-1-4-8-19;1-16(2)14-22(28)27-23-20(13-8-17-6-4-3-5-7-17)26-21(15-25-23)18-9-11-19(24)12-10-18;1-3-16(2)23(28)27-22-20(14-9-17-7-5-4-6-8-17)26-21(15-25-22)18-10-12-19(24)13-11-18;1-14(25)23-20-18(12-7-15-5-3-2-4-6-15)24-19(13-22-20)16-8-10-17(21)11-9-16/h12-15,18-20H,1-11,16-17,27H2,(H,28,30,31);9-12,15-17H,3-8,13-14,24H2,1-2H3,(H,25,27,28);10-13,15-17H,3-9,14,24H2,1-2H3,(H,25,27,28);8-11,13,15H,2-7,12,21H2,1H3,(H,22,23,25). The zero-order valence-corrected chi connectivity index (χ0v) is 67.6. The van der Waals surface area contributed by atoms with Gasteiger partial charge in [-0.25, -0.2) is 39.9 Å². The third-order valence-corrected chi connectivity index (χ3v) is 23.2. The summed E-state index contributed by atoms with van der Waals surface area (Å²) in [7, 11) is 0. The molecule has 20 nitrogen and oxygen atoms in total. The second-order valence-electron chi connectivity index (χ2n) is 32.7. The molecule has 112 heavy (non-hydrogen) atoms. The molecule has 4 aromatic heterocycles.